The van der Waals surface area contributed by atoms with Crippen LogP contribution in [0.1, 0.15) is 11.4 Å². The van der Waals surface area contributed by atoms with Crippen molar-refractivity contribution < 1.29 is 0 Å². The van der Waals surface area contributed by atoms with Crippen LogP contribution in [0.4, 0.5) is 11.6 Å². The molecule has 0 amide bonds. The van der Waals surface area contributed by atoms with Gasteiger partial charge in [0.05, 0.1) is 23.8 Å². The largest absolute Gasteiger partial charge is 0.251 e. The van der Waals surface area contributed by atoms with Crippen molar-refractivity contribution in [3.8, 4) is 11.4 Å². The molecule has 8 nitrogen and oxygen atoms in total. The van der Waals surface area contributed by atoms with Crippen molar-refractivity contribution in [3.05, 3.63) is 96.6 Å². The van der Waals surface area contributed by atoms with E-state index >= 15 is 0 Å². The third kappa shape index (κ3) is 5.37. The van der Waals surface area contributed by atoms with E-state index < -0.39 is 0 Å². The number of pyridine rings is 2. The van der Waals surface area contributed by atoms with Crippen molar-refractivity contribution in [2.75, 3.05) is 24.1 Å². The van der Waals surface area contributed by atoms with Crippen molar-refractivity contribution in [1.29, 1.82) is 0 Å². The molecule has 0 saturated carbocycles. The van der Waals surface area contributed by atoms with E-state index in [1.54, 1.807) is 34.8 Å². The molecule has 3 heterocycles. The fourth-order valence-corrected chi connectivity index (χ4v) is 2.83. The van der Waals surface area contributed by atoms with Crippen LogP contribution in [0.15, 0.2) is 95.4 Å². The lowest BCUT2D eigenvalue weighted by Gasteiger charge is -2.11. The van der Waals surface area contributed by atoms with Gasteiger partial charge in [0.2, 0.25) is 0 Å². The first-order chi connectivity index (χ1) is 15.7. The number of benzene rings is 1. The fourth-order valence-electron chi connectivity index (χ4n) is 2.83. The number of hydrogen-bond donors (Lipinski definition) is 0. The summed E-state index contributed by atoms with van der Waals surface area (Å²) in [6.45, 7) is 0. The lowest BCUT2D eigenvalue weighted by Crippen LogP contribution is -2.12. The van der Waals surface area contributed by atoms with Gasteiger partial charge >= 0.3 is 0 Å². The van der Waals surface area contributed by atoms with Crippen molar-refractivity contribution >= 4 is 24.1 Å². The van der Waals surface area contributed by atoms with E-state index in [9.17, 15) is 0 Å². The van der Waals surface area contributed by atoms with Gasteiger partial charge in [0.1, 0.15) is 11.6 Å². The van der Waals surface area contributed by atoms with Crippen LogP contribution in [0.3, 0.4) is 0 Å². The zero-order chi connectivity index (χ0) is 22.2. The number of hydrogen-bond acceptors (Lipinski definition) is 8. The normalized spacial score (nSPS) is 11.2. The zero-order valence-electron chi connectivity index (χ0n) is 17.8. The summed E-state index contributed by atoms with van der Waals surface area (Å²) in [6, 6.07) is 23.0. The molecule has 8 heteroatoms. The Morgan fingerprint density at radius 2 is 1.16 bits per heavy atom. The molecule has 4 aromatic rings. The second kappa shape index (κ2) is 10.0. The van der Waals surface area contributed by atoms with Gasteiger partial charge in [-0.2, -0.15) is 10.2 Å². The molecule has 0 aliphatic heterocycles. The second-order valence-electron chi connectivity index (χ2n) is 6.82. The van der Waals surface area contributed by atoms with E-state index in [2.05, 4.69) is 30.1 Å². The SMILES string of the molecule is CN(/N=C/c1cc(/C=N/N(C)c2ccccn2)nc(-c2ccccc2)n1)c1ccccn1. The zero-order valence-corrected chi connectivity index (χ0v) is 17.8. The van der Waals surface area contributed by atoms with Crippen LogP contribution in [0.2, 0.25) is 0 Å². The molecule has 0 spiro atoms. The van der Waals surface area contributed by atoms with Gasteiger partial charge in [0, 0.05) is 32.1 Å². The molecule has 158 valence electrons. The number of rotatable bonds is 7. The first-order valence-electron chi connectivity index (χ1n) is 10.0. The van der Waals surface area contributed by atoms with Crippen LogP contribution < -0.4 is 10.0 Å². The molecule has 0 aliphatic carbocycles. The number of nitrogens with zero attached hydrogens (tertiary/aromatic N) is 8. The highest BCUT2D eigenvalue weighted by molar-refractivity contribution is 5.85. The number of aromatic nitrogens is 4. The molecule has 0 radical (unpaired) electrons. The van der Waals surface area contributed by atoms with Crippen LogP contribution in [0.25, 0.3) is 11.4 Å². The lowest BCUT2D eigenvalue weighted by atomic mass is 10.2. The minimum atomic E-state index is 0.594. The maximum Gasteiger partial charge on any atom is 0.160 e. The van der Waals surface area contributed by atoms with E-state index in [0.717, 1.165) is 17.2 Å². The quantitative estimate of drug-likeness (QED) is 0.332. The molecule has 3 aromatic heterocycles. The highest BCUT2D eigenvalue weighted by Crippen LogP contribution is 2.15. The van der Waals surface area contributed by atoms with Crippen LogP contribution >= 0.6 is 0 Å². The highest BCUT2D eigenvalue weighted by Gasteiger charge is 2.07. The summed E-state index contributed by atoms with van der Waals surface area (Å²) in [5, 5.41) is 12.3. The maximum atomic E-state index is 4.66. The van der Waals surface area contributed by atoms with Crippen LogP contribution in [-0.2, 0) is 0 Å². The summed E-state index contributed by atoms with van der Waals surface area (Å²) in [5.41, 5.74) is 2.22. The number of hydrazone groups is 2. The molecule has 0 aliphatic rings. The van der Waals surface area contributed by atoms with Gasteiger partial charge in [-0.1, -0.05) is 42.5 Å². The summed E-state index contributed by atoms with van der Waals surface area (Å²) in [4.78, 5) is 17.9. The summed E-state index contributed by atoms with van der Waals surface area (Å²) in [5.74, 6) is 2.07. The van der Waals surface area contributed by atoms with E-state index in [1.807, 2.05) is 86.9 Å². The van der Waals surface area contributed by atoms with E-state index in [-0.39, 0.29) is 0 Å². The van der Waals surface area contributed by atoms with Crippen molar-refractivity contribution in [1.82, 2.24) is 19.9 Å². The Balaban J connectivity index is 1.64. The van der Waals surface area contributed by atoms with Gasteiger partial charge in [-0.15, -0.1) is 0 Å². The van der Waals surface area contributed by atoms with Crippen LogP contribution in [0, 0.1) is 0 Å². The average Bonchev–Trinajstić information content (AvgIpc) is 2.87. The molecule has 0 fully saturated rings. The Morgan fingerprint density at radius 1 is 0.656 bits per heavy atom. The Morgan fingerprint density at radius 3 is 1.62 bits per heavy atom. The molecule has 0 N–H and O–H groups in total. The third-order valence-electron chi connectivity index (χ3n) is 4.49. The predicted molar refractivity (Wildman–Crippen MR) is 128 cm³/mol. The highest BCUT2D eigenvalue weighted by atomic mass is 15.5. The summed E-state index contributed by atoms with van der Waals surface area (Å²) >= 11 is 0. The molecule has 1 aromatic carbocycles. The third-order valence-corrected chi connectivity index (χ3v) is 4.49. The smallest absolute Gasteiger partial charge is 0.160 e. The van der Waals surface area contributed by atoms with Crippen molar-refractivity contribution in [2.24, 2.45) is 10.2 Å². The summed E-state index contributed by atoms with van der Waals surface area (Å²) < 4.78 is 0. The molecule has 0 saturated heterocycles. The Bertz CT molecular complexity index is 1120. The number of anilines is 2. The Labute approximate surface area is 186 Å². The van der Waals surface area contributed by atoms with E-state index in [4.69, 9.17) is 0 Å². The van der Waals surface area contributed by atoms with Gasteiger partial charge in [-0.3, -0.25) is 10.0 Å². The minimum Gasteiger partial charge on any atom is -0.251 e. The minimum absolute atomic E-state index is 0.594. The average molecular weight is 422 g/mol. The Kier molecular flexibility index (Phi) is 6.52. The maximum absolute atomic E-state index is 4.66. The molecule has 0 unspecified atom stereocenters. The van der Waals surface area contributed by atoms with Gasteiger partial charge in [0.25, 0.3) is 0 Å². The van der Waals surface area contributed by atoms with Gasteiger partial charge in [0.15, 0.2) is 5.82 Å². The molecule has 32 heavy (non-hydrogen) atoms. The first-order valence-corrected chi connectivity index (χ1v) is 10.0. The second-order valence-corrected chi connectivity index (χ2v) is 6.82. The monoisotopic (exact) mass is 422 g/mol. The van der Waals surface area contributed by atoms with Gasteiger partial charge < -0.3 is 0 Å². The van der Waals surface area contributed by atoms with Gasteiger partial charge in [-0.25, -0.2) is 19.9 Å². The Hall–Kier alpha value is -4.46. The molecule has 4 rings (SSSR count). The molecule has 0 bridgehead atoms. The van der Waals surface area contributed by atoms with E-state index in [0.29, 0.717) is 17.2 Å². The van der Waals surface area contributed by atoms with Crippen LogP contribution in [0.5, 0.6) is 0 Å². The predicted octanol–water partition coefficient (Wildman–Crippen LogP) is 3.87. The van der Waals surface area contributed by atoms with E-state index in [1.165, 1.54) is 0 Å². The standard InChI is InChI=1S/C24H22N8/c1-31(22-12-6-8-14-25-22)27-17-20-16-21(18-28-32(2)23-13-7-9-15-26-23)30-24(29-20)19-10-4-3-5-11-19/h3-18H,1-2H3/b27-17+,28-18+. The topological polar surface area (TPSA) is 82.8 Å². The first kappa shape index (κ1) is 20.8. The molecular formula is C24H22N8. The van der Waals surface area contributed by atoms with Crippen LogP contribution in [-0.4, -0.2) is 46.5 Å². The fraction of sp³-hybridized carbons (Fsp3) is 0.0833. The van der Waals surface area contributed by atoms with Gasteiger partial charge in [-0.05, 0) is 30.3 Å². The van der Waals surface area contributed by atoms with Crippen molar-refractivity contribution in [2.45, 2.75) is 0 Å². The molecular weight excluding hydrogens is 400 g/mol. The summed E-state index contributed by atoms with van der Waals surface area (Å²) in [7, 11) is 3.67. The van der Waals surface area contributed by atoms with Crippen molar-refractivity contribution in [3.63, 3.8) is 0 Å². The molecule has 0 atom stereocenters. The lowest BCUT2D eigenvalue weighted by molar-refractivity contribution is 0.978. The summed E-state index contributed by atoms with van der Waals surface area (Å²) in [6.07, 6.45) is 6.82.